The third kappa shape index (κ3) is 6.00. The number of carbonyl (C=O) groups is 1. The summed E-state index contributed by atoms with van der Waals surface area (Å²) in [5.74, 6) is 1.59. The SMILES string of the molecule is CCS(=O)(=O)N(C)CCCNC(=O)CCc1ccc(-c2ccccc2)o1. The second-order valence-corrected chi connectivity index (χ2v) is 8.42. The van der Waals surface area contributed by atoms with Crippen LogP contribution in [0, 0.1) is 0 Å². The van der Waals surface area contributed by atoms with Crippen molar-refractivity contribution >= 4 is 15.9 Å². The first-order valence-electron chi connectivity index (χ1n) is 8.77. The van der Waals surface area contributed by atoms with Crippen LogP contribution in [0.15, 0.2) is 46.9 Å². The third-order valence-electron chi connectivity index (χ3n) is 4.13. The molecular weight excluding hydrogens is 352 g/mol. The smallest absolute Gasteiger partial charge is 0.220 e. The Hall–Kier alpha value is -2.12. The van der Waals surface area contributed by atoms with Gasteiger partial charge in [-0.3, -0.25) is 4.79 Å². The molecule has 2 rings (SSSR count). The molecule has 26 heavy (non-hydrogen) atoms. The van der Waals surface area contributed by atoms with Gasteiger partial charge in [-0.05, 0) is 25.5 Å². The number of nitrogens with zero attached hydrogens (tertiary/aromatic N) is 1. The second kappa shape index (κ2) is 9.54. The lowest BCUT2D eigenvalue weighted by molar-refractivity contribution is -0.121. The Balaban J connectivity index is 1.69. The molecule has 0 atom stereocenters. The van der Waals surface area contributed by atoms with Crippen LogP contribution in [-0.4, -0.2) is 44.5 Å². The molecule has 0 bridgehead atoms. The molecule has 0 saturated carbocycles. The summed E-state index contributed by atoms with van der Waals surface area (Å²) in [6.45, 7) is 2.47. The number of nitrogens with one attached hydrogen (secondary N) is 1. The average Bonchev–Trinajstić information content (AvgIpc) is 3.13. The zero-order valence-electron chi connectivity index (χ0n) is 15.3. The highest BCUT2D eigenvalue weighted by Crippen LogP contribution is 2.22. The lowest BCUT2D eigenvalue weighted by Gasteiger charge is -2.15. The molecule has 0 radical (unpaired) electrons. The number of carbonyl (C=O) groups excluding carboxylic acids is 1. The molecule has 1 N–H and O–H groups in total. The second-order valence-electron chi connectivity index (χ2n) is 6.06. The molecule has 1 heterocycles. The maximum atomic E-state index is 11.9. The minimum absolute atomic E-state index is 0.0661. The number of hydrogen-bond acceptors (Lipinski definition) is 4. The number of aryl methyl sites for hydroxylation is 1. The summed E-state index contributed by atoms with van der Waals surface area (Å²) < 4.78 is 30.3. The molecule has 1 amide bonds. The first-order chi connectivity index (χ1) is 12.4. The monoisotopic (exact) mass is 378 g/mol. The van der Waals surface area contributed by atoms with Crippen molar-refractivity contribution < 1.29 is 17.6 Å². The van der Waals surface area contributed by atoms with Gasteiger partial charge in [0.25, 0.3) is 0 Å². The van der Waals surface area contributed by atoms with E-state index >= 15 is 0 Å². The van der Waals surface area contributed by atoms with Crippen molar-refractivity contribution in [2.75, 3.05) is 25.9 Å². The number of sulfonamides is 1. The lowest BCUT2D eigenvalue weighted by Crippen LogP contribution is -2.32. The average molecular weight is 378 g/mol. The molecular formula is C19H26N2O4S. The van der Waals surface area contributed by atoms with Gasteiger partial charge in [-0.25, -0.2) is 12.7 Å². The summed E-state index contributed by atoms with van der Waals surface area (Å²) in [7, 11) is -1.60. The maximum Gasteiger partial charge on any atom is 0.220 e. The van der Waals surface area contributed by atoms with Crippen molar-refractivity contribution in [2.45, 2.75) is 26.2 Å². The predicted molar refractivity (Wildman–Crippen MR) is 102 cm³/mol. The van der Waals surface area contributed by atoms with Gasteiger partial charge in [-0.1, -0.05) is 30.3 Å². The summed E-state index contributed by atoms with van der Waals surface area (Å²) in [6.07, 6.45) is 1.45. The molecule has 0 aliphatic carbocycles. The molecule has 0 aliphatic heterocycles. The van der Waals surface area contributed by atoms with Crippen molar-refractivity contribution in [3.8, 4) is 11.3 Å². The van der Waals surface area contributed by atoms with Gasteiger partial charge in [-0.15, -0.1) is 0 Å². The van der Waals surface area contributed by atoms with Crippen molar-refractivity contribution in [3.05, 3.63) is 48.2 Å². The molecule has 0 unspecified atom stereocenters. The highest BCUT2D eigenvalue weighted by Gasteiger charge is 2.14. The number of furan rings is 1. The van der Waals surface area contributed by atoms with Crippen LogP contribution in [0.1, 0.15) is 25.5 Å². The van der Waals surface area contributed by atoms with Crippen molar-refractivity contribution in [1.82, 2.24) is 9.62 Å². The molecule has 0 aliphatic rings. The first-order valence-corrected chi connectivity index (χ1v) is 10.4. The van der Waals surface area contributed by atoms with Crippen molar-refractivity contribution in [2.24, 2.45) is 0 Å². The van der Waals surface area contributed by atoms with E-state index in [2.05, 4.69) is 5.32 Å². The van der Waals surface area contributed by atoms with Gasteiger partial charge in [0.1, 0.15) is 11.5 Å². The summed E-state index contributed by atoms with van der Waals surface area (Å²) in [6, 6.07) is 13.6. The molecule has 2 aromatic rings. The Morgan fingerprint density at radius 3 is 2.58 bits per heavy atom. The fraction of sp³-hybridized carbons (Fsp3) is 0.421. The van der Waals surface area contributed by atoms with E-state index in [9.17, 15) is 13.2 Å². The number of benzene rings is 1. The molecule has 0 fully saturated rings. The standard InChI is InChI=1S/C19H26N2O4S/c1-3-26(23,24)21(2)15-7-14-20-19(22)13-11-17-10-12-18(25-17)16-8-5-4-6-9-16/h4-6,8-10,12H,3,7,11,13-15H2,1-2H3,(H,20,22). The van der Waals surface area contributed by atoms with Crippen LogP contribution in [0.25, 0.3) is 11.3 Å². The van der Waals surface area contributed by atoms with Gasteiger partial charge in [0.2, 0.25) is 15.9 Å². The number of rotatable bonds is 10. The molecule has 0 saturated heterocycles. The quantitative estimate of drug-likeness (QED) is 0.645. The Labute approximate surface area is 155 Å². The largest absolute Gasteiger partial charge is 0.461 e. The van der Waals surface area contributed by atoms with Crippen LogP contribution in [0.5, 0.6) is 0 Å². The Morgan fingerprint density at radius 2 is 1.88 bits per heavy atom. The maximum absolute atomic E-state index is 11.9. The summed E-state index contributed by atoms with van der Waals surface area (Å²) in [5, 5.41) is 2.81. The molecule has 1 aromatic carbocycles. The van der Waals surface area contributed by atoms with E-state index in [0.29, 0.717) is 32.4 Å². The molecule has 142 valence electrons. The van der Waals surface area contributed by atoms with E-state index < -0.39 is 10.0 Å². The molecule has 6 nitrogen and oxygen atoms in total. The van der Waals surface area contributed by atoms with E-state index in [4.69, 9.17) is 4.42 Å². The van der Waals surface area contributed by atoms with Crippen LogP contribution in [0.4, 0.5) is 0 Å². The van der Waals surface area contributed by atoms with E-state index in [0.717, 1.165) is 17.1 Å². The van der Waals surface area contributed by atoms with Crippen molar-refractivity contribution in [1.29, 1.82) is 0 Å². The number of hydrogen-bond donors (Lipinski definition) is 1. The molecule has 1 aromatic heterocycles. The highest BCUT2D eigenvalue weighted by atomic mass is 32.2. The van der Waals surface area contributed by atoms with Crippen LogP contribution in [0.3, 0.4) is 0 Å². The Morgan fingerprint density at radius 1 is 1.15 bits per heavy atom. The number of amides is 1. The van der Waals surface area contributed by atoms with Crippen LogP contribution < -0.4 is 5.32 Å². The topological polar surface area (TPSA) is 79.6 Å². The van der Waals surface area contributed by atoms with E-state index in [-0.39, 0.29) is 11.7 Å². The third-order valence-corrected chi connectivity index (χ3v) is 5.99. The highest BCUT2D eigenvalue weighted by molar-refractivity contribution is 7.89. The van der Waals surface area contributed by atoms with E-state index in [1.165, 1.54) is 4.31 Å². The predicted octanol–water partition coefficient (Wildman–Crippen LogP) is 2.67. The Bertz CT molecular complexity index is 800. The fourth-order valence-electron chi connectivity index (χ4n) is 2.48. The minimum atomic E-state index is -3.16. The normalized spacial score (nSPS) is 11.7. The van der Waals surface area contributed by atoms with Gasteiger partial charge in [-0.2, -0.15) is 0 Å². The zero-order valence-corrected chi connectivity index (χ0v) is 16.1. The summed E-state index contributed by atoms with van der Waals surface area (Å²) in [4.78, 5) is 11.9. The van der Waals surface area contributed by atoms with Crippen molar-refractivity contribution in [3.63, 3.8) is 0 Å². The summed E-state index contributed by atoms with van der Waals surface area (Å²) >= 11 is 0. The van der Waals surface area contributed by atoms with Crippen LogP contribution in [-0.2, 0) is 21.2 Å². The van der Waals surface area contributed by atoms with Crippen LogP contribution >= 0.6 is 0 Å². The molecule has 7 heteroatoms. The zero-order chi connectivity index (χ0) is 19.0. The van der Waals surface area contributed by atoms with Gasteiger partial charge in [0, 0.05) is 38.5 Å². The molecule has 0 spiro atoms. The van der Waals surface area contributed by atoms with Gasteiger partial charge >= 0.3 is 0 Å². The first kappa shape index (κ1) is 20.2. The summed E-state index contributed by atoms with van der Waals surface area (Å²) in [5.41, 5.74) is 1.01. The van der Waals surface area contributed by atoms with E-state index in [1.54, 1.807) is 14.0 Å². The van der Waals surface area contributed by atoms with E-state index in [1.807, 2.05) is 42.5 Å². The lowest BCUT2D eigenvalue weighted by atomic mass is 10.2. The fourth-order valence-corrected chi connectivity index (χ4v) is 3.33. The minimum Gasteiger partial charge on any atom is -0.461 e. The van der Waals surface area contributed by atoms with Crippen LogP contribution in [0.2, 0.25) is 0 Å². The van der Waals surface area contributed by atoms with Gasteiger partial charge in [0.05, 0.1) is 5.75 Å². The van der Waals surface area contributed by atoms with Gasteiger partial charge in [0.15, 0.2) is 0 Å². The van der Waals surface area contributed by atoms with Gasteiger partial charge < -0.3 is 9.73 Å². The Kier molecular flexibility index (Phi) is 7.41.